The van der Waals surface area contributed by atoms with Gasteiger partial charge in [-0.15, -0.1) is 0 Å². The Bertz CT molecular complexity index is 1660. The van der Waals surface area contributed by atoms with Crippen molar-refractivity contribution in [1.82, 2.24) is 0 Å². The quantitative estimate of drug-likeness (QED) is 0.0919. The summed E-state index contributed by atoms with van der Waals surface area (Å²) in [5, 5.41) is 43.7. The average molecular weight is 633 g/mol. The summed E-state index contributed by atoms with van der Waals surface area (Å²) in [6.07, 6.45) is 3.39. The lowest BCUT2D eigenvalue weighted by atomic mass is 10.2. The van der Waals surface area contributed by atoms with E-state index in [9.17, 15) is 29.4 Å². The third-order valence-corrected chi connectivity index (χ3v) is 8.15. The Balaban J connectivity index is 0.00000484. The van der Waals surface area contributed by atoms with Crippen LogP contribution in [0.2, 0.25) is 0 Å². The van der Waals surface area contributed by atoms with E-state index in [2.05, 4.69) is 16.4 Å². The van der Waals surface area contributed by atoms with Gasteiger partial charge in [0.25, 0.3) is 5.01 Å². The molecule has 220 valence electrons. The normalized spacial score (nSPS) is 12.3. The molecule has 4 rings (SSSR count). The number of hydrogen-bond donors (Lipinski definition) is 6. The number of nitrogens with one attached hydrogen (secondary N) is 2. The second kappa shape index (κ2) is 13.9. The van der Waals surface area contributed by atoms with Crippen molar-refractivity contribution in [2.75, 3.05) is 35.2 Å². The Kier molecular flexibility index (Phi) is 10.6. The van der Waals surface area contributed by atoms with Crippen LogP contribution in [-0.2, 0) is 25.7 Å². The molecule has 0 radical (unpaired) electrons. The van der Waals surface area contributed by atoms with Gasteiger partial charge in [-0.3, -0.25) is 14.4 Å². The molecule has 2 heterocycles. The number of nitrogens with zero attached hydrogens (tertiary/aromatic N) is 2. The van der Waals surface area contributed by atoms with E-state index < -0.39 is 23.9 Å². The number of thiazole rings is 1. The smallest absolute Gasteiger partial charge is 0.370 e. The van der Waals surface area contributed by atoms with E-state index in [0.717, 1.165) is 15.2 Å². The molecule has 0 fully saturated rings. The van der Waals surface area contributed by atoms with E-state index in [1.807, 2.05) is 6.92 Å². The first kappa shape index (κ1) is 32.0. The van der Waals surface area contributed by atoms with Crippen LogP contribution in [0.5, 0.6) is 0 Å². The second-order valence-corrected chi connectivity index (χ2v) is 10.9. The van der Waals surface area contributed by atoms with Gasteiger partial charge in [0.2, 0.25) is 12.1 Å². The third kappa shape index (κ3) is 7.83. The molecule has 1 aliphatic heterocycles. The van der Waals surface area contributed by atoms with Gasteiger partial charge in [0.1, 0.15) is 29.4 Å². The zero-order chi connectivity index (χ0) is 29.7. The fourth-order valence-electron chi connectivity index (χ4n) is 4.04. The molecule has 6 N–H and O–H groups in total. The van der Waals surface area contributed by atoms with Crippen LogP contribution in [0.4, 0.5) is 17.1 Å². The number of fused-ring (bicyclic) bond motifs is 2. The molecule has 15 heteroatoms. The standard InChI is InChI=1S/C27H24N4O8S2.ClH/c1-15(27-31(14-26(38)39)19-10-17(29-12-24(34)35)6-8-21(19)41-27)3-2-4-22-30(13-25(36)37)18-9-16(28-11-23(32)33)5-7-20(18)40-22;/h2-3,5-10,28-29H,11-14H2,1H3,(H3-,32,33,34,35,36,37,38,39);1H. The van der Waals surface area contributed by atoms with Gasteiger partial charge < -0.3 is 48.4 Å². The minimum atomic E-state index is -1.05. The Labute approximate surface area is 253 Å². The number of benzene rings is 2. The van der Waals surface area contributed by atoms with Crippen LogP contribution in [0.15, 0.2) is 64.2 Å². The van der Waals surface area contributed by atoms with E-state index >= 15 is 0 Å². The van der Waals surface area contributed by atoms with Gasteiger partial charge in [-0.2, -0.15) is 4.57 Å². The van der Waals surface area contributed by atoms with Crippen LogP contribution >= 0.6 is 23.1 Å². The highest BCUT2D eigenvalue weighted by atomic mass is 35.5. The summed E-state index contributed by atoms with van der Waals surface area (Å²) in [6.45, 7) is 0.636. The van der Waals surface area contributed by atoms with Crippen molar-refractivity contribution in [3.63, 3.8) is 0 Å². The number of anilines is 3. The maximum Gasteiger partial charge on any atom is 0.370 e. The maximum atomic E-state index is 11.7. The Morgan fingerprint density at radius 1 is 0.929 bits per heavy atom. The van der Waals surface area contributed by atoms with Gasteiger partial charge >= 0.3 is 23.9 Å². The SMILES string of the molecule is CC(=CC=C=C1Sc2ccc(NCC(=O)O)cc2N1CC(=O)O)c1sc2ccc(NCC(=O)O)cc2[n+]1CC(=O)O.[Cl-]. The summed E-state index contributed by atoms with van der Waals surface area (Å²) in [6, 6.07) is 10.4. The molecule has 0 saturated carbocycles. The van der Waals surface area contributed by atoms with E-state index in [4.69, 9.17) is 10.2 Å². The average Bonchev–Trinajstić information content (AvgIpc) is 3.43. The minimum Gasteiger partial charge on any atom is -1.00 e. The van der Waals surface area contributed by atoms with E-state index in [1.54, 1.807) is 58.0 Å². The molecule has 0 bridgehead atoms. The Hall–Kier alpha value is -4.49. The van der Waals surface area contributed by atoms with Crippen LogP contribution in [0, 0.1) is 0 Å². The summed E-state index contributed by atoms with van der Waals surface area (Å²) >= 11 is 2.71. The second-order valence-electron chi connectivity index (χ2n) is 8.79. The van der Waals surface area contributed by atoms with Crippen molar-refractivity contribution in [3.8, 4) is 0 Å². The number of carboxylic acids is 4. The maximum absolute atomic E-state index is 11.7. The first-order valence-corrected chi connectivity index (χ1v) is 13.7. The number of allylic oxidation sites excluding steroid dienone is 3. The summed E-state index contributed by atoms with van der Waals surface area (Å²) in [5.41, 5.74) is 6.20. The van der Waals surface area contributed by atoms with Crippen LogP contribution in [0.1, 0.15) is 11.9 Å². The Morgan fingerprint density at radius 2 is 1.57 bits per heavy atom. The number of carbonyl (C=O) groups is 4. The fourth-order valence-corrected chi connectivity index (χ4v) is 6.17. The lowest BCUT2D eigenvalue weighted by Gasteiger charge is -2.17. The molecule has 12 nitrogen and oxygen atoms in total. The zero-order valence-corrected chi connectivity index (χ0v) is 24.3. The van der Waals surface area contributed by atoms with Gasteiger partial charge in [0.05, 0.1) is 5.69 Å². The third-order valence-electron chi connectivity index (χ3n) is 5.75. The predicted octanol–water partition coefficient (Wildman–Crippen LogP) is 0.367. The molecular formula is C27H25ClN4O8S2. The summed E-state index contributed by atoms with van der Waals surface area (Å²) in [5.74, 6) is -4.13. The van der Waals surface area contributed by atoms with Crippen LogP contribution in [0.25, 0.3) is 15.8 Å². The highest BCUT2D eigenvalue weighted by molar-refractivity contribution is 8.03. The van der Waals surface area contributed by atoms with Crippen molar-refractivity contribution in [1.29, 1.82) is 0 Å². The number of rotatable bonds is 12. The van der Waals surface area contributed by atoms with Gasteiger partial charge in [-0.05, 0) is 49.4 Å². The van der Waals surface area contributed by atoms with Crippen molar-refractivity contribution in [3.05, 3.63) is 64.3 Å². The van der Waals surface area contributed by atoms with Crippen molar-refractivity contribution < 1.29 is 56.6 Å². The number of halogens is 1. The molecule has 3 aromatic rings. The molecule has 2 aromatic carbocycles. The topological polar surface area (TPSA) is 180 Å². The molecule has 1 aromatic heterocycles. The van der Waals surface area contributed by atoms with Crippen LogP contribution in [-0.4, -0.2) is 63.9 Å². The highest BCUT2D eigenvalue weighted by Gasteiger charge is 2.28. The molecule has 0 spiro atoms. The van der Waals surface area contributed by atoms with Crippen LogP contribution in [0.3, 0.4) is 0 Å². The lowest BCUT2D eigenvalue weighted by molar-refractivity contribution is -0.657. The van der Waals surface area contributed by atoms with E-state index in [1.165, 1.54) is 23.1 Å². The minimum absolute atomic E-state index is 0. The number of hydrogen-bond acceptors (Lipinski definition) is 9. The van der Waals surface area contributed by atoms with E-state index in [-0.39, 0.29) is 38.6 Å². The monoisotopic (exact) mass is 632 g/mol. The van der Waals surface area contributed by atoms with Gasteiger partial charge in [0, 0.05) is 27.9 Å². The molecule has 0 atom stereocenters. The van der Waals surface area contributed by atoms with E-state index in [0.29, 0.717) is 32.6 Å². The first-order chi connectivity index (χ1) is 19.5. The number of aliphatic carboxylic acids is 4. The van der Waals surface area contributed by atoms with Crippen molar-refractivity contribution in [2.24, 2.45) is 0 Å². The molecule has 0 unspecified atom stereocenters. The number of thioether (sulfide) groups is 1. The molecule has 42 heavy (non-hydrogen) atoms. The van der Waals surface area contributed by atoms with Crippen molar-refractivity contribution in [2.45, 2.75) is 18.4 Å². The molecule has 0 aliphatic carbocycles. The predicted molar refractivity (Wildman–Crippen MR) is 154 cm³/mol. The Morgan fingerprint density at radius 3 is 2.19 bits per heavy atom. The fraction of sp³-hybridized carbons (Fsp3) is 0.185. The summed E-state index contributed by atoms with van der Waals surface area (Å²) in [4.78, 5) is 47.4. The molecule has 0 amide bonds. The number of aromatic nitrogens is 1. The van der Waals surface area contributed by atoms with Gasteiger partial charge in [-0.25, -0.2) is 4.79 Å². The summed E-state index contributed by atoms with van der Waals surface area (Å²) < 4.78 is 2.46. The number of carboxylic acid groups (broad SMARTS) is 4. The van der Waals surface area contributed by atoms with Crippen LogP contribution < -0.4 is 32.5 Å². The summed E-state index contributed by atoms with van der Waals surface area (Å²) in [7, 11) is 0. The highest BCUT2D eigenvalue weighted by Crippen LogP contribution is 2.46. The van der Waals surface area contributed by atoms with Gasteiger partial charge in [-0.1, -0.05) is 28.8 Å². The largest absolute Gasteiger partial charge is 1.00 e. The molecular weight excluding hydrogens is 608 g/mol. The lowest BCUT2D eigenvalue weighted by Crippen LogP contribution is -3.00. The molecule has 0 saturated heterocycles. The zero-order valence-electron chi connectivity index (χ0n) is 22.0. The van der Waals surface area contributed by atoms with Crippen molar-refractivity contribution >= 4 is 79.8 Å². The van der Waals surface area contributed by atoms with Gasteiger partial charge in [0.15, 0.2) is 0 Å². The molecule has 1 aliphatic rings. The first-order valence-electron chi connectivity index (χ1n) is 12.1.